The minimum Gasteiger partial charge on any atom is -0.497 e. The number of anilines is 2. The summed E-state index contributed by atoms with van der Waals surface area (Å²) in [5.41, 5.74) is 3.90. The van der Waals surface area contributed by atoms with E-state index >= 15 is 0 Å². The van der Waals surface area contributed by atoms with Gasteiger partial charge in [0.2, 0.25) is 0 Å². The second-order valence-electron chi connectivity index (χ2n) is 7.02. The Labute approximate surface area is 176 Å². The second-order valence-corrected chi connectivity index (χ2v) is 7.02. The van der Waals surface area contributed by atoms with Crippen molar-refractivity contribution in [3.05, 3.63) is 79.2 Å². The first-order valence-electron chi connectivity index (χ1n) is 9.57. The zero-order valence-electron chi connectivity index (χ0n) is 17.4. The topological polar surface area (TPSA) is 52.0 Å². The molecule has 0 bridgehead atoms. The number of methoxy groups -OCH3 is 2. The van der Waals surface area contributed by atoms with E-state index in [1.807, 2.05) is 68.2 Å². The van der Waals surface area contributed by atoms with Gasteiger partial charge in [-0.1, -0.05) is 12.1 Å². The van der Waals surface area contributed by atoms with Gasteiger partial charge in [0.15, 0.2) is 11.5 Å². The minimum atomic E-state index is 0.425. The molecular weight excluding hydrogens is 380 g/mol. The van der Waals surface area contributed by atoms with Gasteiger partial charge in [-0.15, -0.1) is 0 Å². The maximum atomic E-state index is 6.09. The van der Waals surface area contributed by atoms with Gasteiger partial charge in [0.25, 0.3) is 0 Å². The molecule has 155 valence electrons. The van der Waals surface area contributed by atoms with Crippen molar-refractivity contribution in [1.29, 1.82) is 0 Å². The van der Waals surface area contributed by atoms with Crippen LogP contribution in [0.1, 0.15) is 11.1 Å². The van der Waals surface area contributed by atoms with Crippen LogP contribution in [-0.2, 0) is 13.7 Å². The average Bonchev–Trinajstić information content (AvgIpc) is 3.42. The molecule has 7 heteroatoms. The number of hydrogen-bond donors (Lipinski definition) is 0. The van der Waals surface area contributed by atoms with E-state index in [9.17, 15) is 0 Å². The van der Waals surface area contributed by atoms with Gasteiger partial charge in [-0.05, 0) is 36.2 Å². The van der Waals surface area contributed by atoms with E-state index in [0.29, 0.717) is 24.8 Å². The SMILES string of the molecule is [CH2]c1cc(OC)c(OCc2ccc(OC)cc2)cc1N1C=CN(c2cnn(C)c2)C1. The van der Waals surface area contributed by atoms with Crippen molar-refractivity contribution in [2.45, 2.75) is 6.61 Å². The normalized spacial score (nSPS) is 13.1. The van der Waals surface area contributed by atoms with E-state index in [2.05, 4.69) is 21.8 Å². The van der Waals surface area contributed by atoms with Crippen molar-refractivity contribution in [3.63, 3.8) is 0 Å². The van der Waals surface area contributed by atoms with Crippen LogP contribution in [0.2, 0.25) is 0 Å². The number of hydrogen-bond acceptors (Lipinski definition) is 6. The fraction of sp³-hybridized carbons (Fsp3) is 0.217. The highest BCUT2D eigenvalue weighted by Gasteiger charge is 2.20. The van der Waals surface area contributed by atoms with Gasteiger partial charge in [-0.25, -0.2) is 0 Å². The highest BCUT2D eigenvalue weighted by Crippen LogP contribution is 2.37. The molecule has 7 nitrogen and oxygen atoms in total. The van der Waals surface area contributed by atoms with Crippen molar-refractivity contribution in [1.82, 2.24) is 9.78 Å². The fourth-order valence-corrected chi connectivity index (χ4v) is 3.31. The van der Waals surface area contributed by atoms with Crippen molar-refractivity contribution in [2.24, 2.45) is 7.05 Å². The van der Waals surface area contributed by atoms with Crippen LogP contribution in [-0.4, -0.2) is 30.7 Å². The Morgan fingerprint density at radius 2 is 1.77 bits per heavy atom. The first-order chi connectivity index (χ1) is 14.6. The van der Waals surface area contributed by atoms with Crippen LogP contribution in [0.5, 0.6) is 17.2 Å². The predicted molar refractivity (Wildman–Crippen MR) is 117 cm³/mol. The summed E-state index contributed by atoms with van der Waals surface area (Å²) in [4.78, 5) is 4.24. The van der Waals surface area contributed by atoms with E-state index in [1.54, 1.807) is 18.9 Å². The number of nitrogens with zero attached hydrogens (tertiary/aromatic N) is 4. The van der Waals surface area contributed by atoms with Crippen LogP contribution in [0.4, 0.5) is 11.4 Å². The number of rotatable bonds is 7. The number of aryl methyl sites for hydroxylation is 1. The molecule has 0 atom stereocenters. The Hall–Kier alpha value is -3.61. The second kappa shape index (κ2) is 8.41. The molecule has 1 aliphatic heterocycles. The maximum absolute atomic E-state index is 6.09. The molecule has 2 heterocycles. The first-order valence-corrected chi connectivity index (χ1v) is 9.57. The number of benzene rings is 2. The molecule has 0 saturated carbocycles. The molecule has 1 radical (unpaired) electrons. The smallest absolute Gasteiger partial charge is 0.163 e. The summed E-state index contributed by atoms with van der Waals surface area (Å²) in [5.74, 6) is 2.15. The fourth-order valence-electron chi connectivity index (χ4n) is 3.31. The van der Waals surface area contributed by atoms with Crippen LogP contribution in [0.25, 0.3) is 0 Å². The minimum absolute atomic E-state index is 0.425. The average molecular weight is 405 g/mol. The Morgan fingerprint density at radius 3 is 2.43 bits per heavy atom. The van der Waals surface area contributed by atoms with Crippen molar-refractivity contribution < 1.29 is 14.2 Å². The molecule has 0 unspecified atom stereocenters. The van der Waals surface area contributed by atoms with Gasteiger partial charge in [0.05, 0.1) is 32.8 Å². The molecule has 1 aromatic heterocycles. The maximum Gasteiger partial charge on any atom is 0.163 e. The summed E-state index contributed by atoms with van der Waals surface area (Å²) in [6, 6.07) is 11.7. The third-order valence-electron chi connectivity index (χ3n) is 4.98. The summed E-state index contributed by atoms with van der Waals surface area (Å²) in [7, 11) is 5.19. The molecule has 1 aliphatic rings. The number of aromatic nitrogens is 2. The third kappa shape index (κ3) is 4.05. The molecule has 4 rings (SSSR count). The van der Waals surface area contributed by atoms with Gasteiger partial charge in [-0.3, -0.25) is 4.68 Å². The van der Waals surface area contributed by atoms with E-state index in [0.717, 1.165) is 28.3 Å². The Kier molecular flexibility index (Phi) is 5.52. The molecule has 0 amide bonds. The van der Waals surface area contributed by atoms with Crippen molar-refractivity contribution in [2.75, 3.05) is 30.7 Å². The molecular formula is C23H25N4O3. The summed E-state index contributed by atoms with van der Waals surface area (Å²) >= 11 is 0. The summed E-state index contributed by atoms with van der Waals surface area (Å²) < 4.78 is 18.6. The molecule has 3 aromatic rings. The lowest BCUT2D eigenvalue weighted by Gasteiger charge is -2.23. The lowest BCUT2D eigenvalue weighted by molar-refractivity contribution is 0.284. The molecule has 0 saturated heterocycles. The molecule has 30 heavy (non-hydrogen) atoms. The van der Waals surface area contributed by atoms with E-state index in [4.69, 9.17) is 14.2 Å². The van der Waals surface area contributed by atoms with Crippen LogP contribution in [0, 0.1) is 6.92 Å². The largest absolute Gasteiger partial charge is 0.497 e. The predicted octanol–water partition coefficient (Wildman–Crippen LogP) is 3.95. The van der Waals surface area contributed by atoms with Gasteiger partial charge in [-0.2, -0.15) is 5.10 Å². The van der Waals surface area contributed by atoms with Crippen LogP contribution in [0.3, 0.4) is 0 Å². The first kappa shape index (κ1) is 19.7. The van der Waals surface area contributed by atoms with E-state index in [-0.39, 0.29) is 0 Å². The lowest BCUT2D eigenvalue weighted by Crippen LogP contribution is -2.25. The Bertz CT molecular complexity index is 1040. The van der Waals surface area contributed by atoms with Crippen LogP contribution >= 0.6 is 0 Å². The standard InChI is InChI=1S/C23H25N4O3/c1-17-11-22(29-4)23(30-15-18-5-7-20(28-3)8-6-18)12-21(17)27-10-9-26(16-27)19-13-24-25(2)14-19/h5-14H,1,15-16H2,2-4H3. The monoisotopic (exact) mass is 405 g/mol. The zero-order chi connectivity index (χ0) is 21.1. The molecule has 0 aliphatic carbocycles. The van der Waals surface area contributed by atoms with Crippen LogP contribution < -0.4 is 24.0 Å². The summed E-state index contributed by atoms with van der Waals surface area (Å²) in [6.45, 7) is 5.28. The van der Waals surface area contributed by atoms with E-state index < -0.39 is 0 Å². The lowest BCUT2D eigenvalue weighted by atomic mass is 10.1. The van der Waals surface area contributed by atoms with Crippen molar-refractivity contribution in [3.8, 4) is 17.2 Å². The molecule has 0 fully saturated rings. The summed E-state index contributed by atoms with van der Waals surface area (Å²) in [6.07, 6.45) is 7.88. The molecule has 0 spiro atoms. The van der Waals surface area contributed by atoms with Crippen LogP contribution in [0.15, 0.2) is 61.2 Å². The number of ether oxygens (including phenoxy) is 3. The van der Waals surface area contributed by atoms with Gasteiger partial charge in [0.1, 0.15) is 12.4 Å². The Balaban J connectivity index is 1.52. The van der Waals surface area contributed by atoms with Gasteiger partial charge >= 0.3 is 0 Å². The highest BCUT2D eigenvalue weighted by atomic mass is 16.5. The Morgan fingerprint density at radius 1 is 1.00 bits per heavy atom. The highest BCUT2D eigenvalue weighted by molar-refractivity contribution is 5.67. The van der Waals surface area contributed by atoms with E-state index in [1.165, 1.54) is 0 Å². The van der Waals surface area contributed by atoms with Gasteiger partial charge < -0.3 is 24.0 Å². The summed E-state index contributed by atoms with van der Waals surface area (Å²) in [5, 5.41) is 4.24. The quantitative estimate of drug-likeness (QED) is 0.593. The molecule has 2 aromatic carbocycles. The third-order valence-corrected chi connectivity index (χ3v) is 4.98. The van der Waals surface area contributed by atoms with Crippen molar-refractivity contribution >= 4 is 11.4 Å². The van der Waals surface area contributed by atoms with Gasteiger partial charge in [0, 0.05) is 37.4 Å². The molecule has 0 N–H and O–H groups in total. The zero-order valence-corrected chi connectivity index (χ0v) is 17.4.